The molecule has 0 radical (unpaired) electrons. The second-order valence-electron chi connectivity index (χ2n) is 4.69. The third kappa shape index (κ3) is 5.11. The second-order valence-corrected chi connectivity index (χ2v) is 5.77. The van der Waals surface area contributed by atoms with E-state index in [0.29, 0.717) is 18.9 Å². The summed E-state index contributed by atoms with van der Waals surface area (Å²) in [5.74, 6) is 1.38. The zero-order chi connectivity index (χ0) is 15.8. The number of thioether (sulfide) groups is 1. The normalized spacial score (nSPS) is 10.5. The van der Waals surface area contributed by atoms with Gasteiger partial charge in [0.05, 0.1) is 19.4 Å². The Bertz CT molecular complexity index is 596. The number of carbonyl (C=O) groups excluding carboxylic acids is 1. The highest BCUT2D eigenvalue weighted by molar-refractivity contribution is 7.99. The third-order valence-corrected chi connectivity index (χ3v) is 3.84. The fraction of sp³-hybridized carbons (Fsp3) is 0.375. The van der Waals surface area contributed by atoms with Crippen molar-refractivity contribution < 1.29 is 14.3 Å². The van der Waals surface area contributed by atoms with E-state index in [2.05, 4.69) is 9.97 Å². The Hall–Kier alpha value is -1.95. The van der Waals surface area contributed by atoms with Crippen LogP contribution in [0.2, 0.25) is 0 Å². The van der Waals surface area contributed by atoms with E-state index in [0.717, 1.165) is 23.1 Å². The fourth-order valence-corrected chi connectivity index (χ4v) is 2.51. The number of aryl methyl sites for hydroxylation is 1. The van der Waals surface area contributed by atoms with Crippen LogP contribution in [-0.2, 0) is 4.74 Å². The highest BCUT2D eigenvalue weighted by Gasteiger charge is 2.10. The molecule has 0 saturated heterocycles. The molecule has 0 saturated carbocycles. The molecule has 1 aromatic carbocycles. The van der Waals surface area contributed by atoms with Gasteiger partial charge in [0.1, 0.15) is 11.4 Å². The van der Waals surface area contributed by atoms with Gasteiger partial charge < -0.3 is 14.5 Å². The molecule has 0 aliphatic rings. The summed E-state index contributed by atoms with van der Waals surface area (Å²) in [7, 11) is 0. The molecule has 1 heterocycles. The average molecular weight is 320 g/mol. The van der Waals surface area contributed by atoms with Gasteiger partial charge in [-0.1, -0.05) is 29.5 Å². The summed E-state index contributed by atoms with van der Waals surface area (Å²) in [5, 5.41) is 0.721. The van der Waals surface area contributed by atoms with Gasteiger partial charge in [0.25, 0.3) is 0 Å². The number of nitrogens with one attached hydrogen (secondary N) is 1. The van der Waals surface area contributed by atoms with Crippen molar-refractivity contribution in [2.45, 2.75) is 25.4 Å². The third-order valence-electron chi connectivity index (χ3n) is 2.87. The molecule has 2 aromatic rings. The number of rotatable bonds is 8. The minimum absolute atomic E-state index is 0.358. The Morgan fingerprint density at radius 3 is 2.82 bits per heavy atom. The first kappa shape index (κ1) is 16.4. The zero-order valence-corrected chi connectivity index (χ0v) is 13.6. The van der Waals surface area contributed by atoms with Crippen LogP contribution in [0.4, 0.5) is 0 Å². The van der Waals surface area contributed by atoms with Gasteiger partial charge in [-0.3, -0.25) is 0 Å². The number of imidazole rings is 1. The lowest BCUT2D eigenvalue weighted by molar-refractivity contribution is 0.0519. The van der Waals surface area contributed by atoms with Crippen molar-refractivity contribution >= 4 is 17.7 Å². The molecule has 5 nitrogen and oxygen atoms in total. The molecule has 22 heavy (non-hydrogen) atoms. The van der Waals surface area contributed by atoms with E-state index >= 15 is 0 Å². The predicted octanol–water partition coefficient (Wildman–Crippen LogP) is 3.46. The summed E-state index contributed by atoms with van der Waals surface area (Å²) in [5.41, 5.74) is 1.61. The van der Waals surface area contributed by atoms with E-state index in [1.807, 2.05) is 31.2 Å². The first-order chi connectivity index (χ1) is 10.7. The van der Waals surface area contributed by atoms with Crippen molar-refractivity contribution in [3.05, 3.63) is 41.7 Å². The number of H-pyrrole nitrogens is 1. The number of hydrogen-bond donors (Lipinski definition) is 1. The number of aromatic nitrogens is 2. The largest absolute Gasteiger partial charge is 0.494 e. The van der Waals surface area contributed by atoms with E-state index in [4.69, 9.17) is 9.47 Å². The molecule has 6 heteroatoms. The molecule has 0 bridgehead atoms. The van der Waals surface area contributed by atoms with Crippen molar-refractivity contribution in [1.29, 1.82) is 0 Å². The van der Waals surface area contributed by atoms with Crippen LogP contribution in [0.1, 0.15) is 29.4 Å². The second kappa shape index (κ2) is 8.48. The summed E-state index contributed by atoms with van der Waals surface area (Å²) in [6.07, 6.45) is 2.40. The number of carbonyl (C=O) groups is 1. The van der Waals surface area contributed by atoms with Gasteiger partial charge in [-0.15, -0.1) is 0 Å². The van der Waals surface area contributed by atoms with E-state index in [-0.39, 0.29) is 5.97 Å². The van der Waals surface area contributed by atoms with Crippen molar-refractivity contribution in [2.75, 3.05) is 19.0 Å². The molecule has 2 rings (SSSR count). The van der Waals surface area contributed by atoms with Gasteiger partial charge in [-0.05, 0) is 32.4 Å². The van der Waals surface area contributed by atoms with Crippen molar-refractivity contribution in [3.8, 4) is 5.75 Å². The molecular weight excluding hydrogens is 300 g/mol. The highest BCUT2D eigenvalue weighted by Crippen LogP contribution is 2.16. The summed E-state index contributed by atoms with van der Waals surface area (Å²) in [6, 6.07) is 8.01. The minimum Gasteiger partial charge on any atom is -0.494 e. The molecule has 118 valence electrons. The van der Waals surface area contributed by atoms with Crippen LogP contribution in [0, 0.1) is 6.92 Å². The van der Waals surface area contributed by atoms with E-state index in [1.165, 1.54) is 11.8 Å². The summed E-state index contributed by atoms with van der Waals surface area (Å²) in [4.78, 5) is 18.6. The van der Waals surface area contributed by atoms with Gasteiger partial charge in [0.2, 0.25) is 0 Å². The SMILES string of the molecule is CCOC(=O)c1cnc(SCCCOc2ccc(C)cc2)[nH]1. The van der Waals surface area contributed by atoms with Gasteiger partial charge in [-0.2, -0.15) is 0 Å². The standard InChI is InChI=1S/C16H20N2O3S/c1-3-20-15(19)14-11-17-16(18-14)22-10-4-9-21-13-7-5-12(2)6-8-13/h5-8,11H,3-4,9-10H2,1-2H3,(H,17,18). The first-order valence-electron chi connectivity index (χ1n) is 7.23. The smallest absolute Gasteiger partial charge is 0.356 e. The number of benzene rings is 1. The maximum absolute atomic E-state index is 11.5. The average Bonchev–Trinajstić information content (AvgIpc) is 2.98. The number of aromatic amines is 1. The molecule has 0 fully saturated rings. The van der Waals surface area contributed by atoms with Crippen LogP contribution in [0.25, 0.3) is 0 Å². The lowest BCUT2D eigenvalue weighted by Crippen LogP contribution is -2.04. The molecule has 0 aliphatic heterocycles. The monoisotopic (exact) mass is 320 g/mol. The highest BCUT2D eigenvalue weighted by atomic mass is 32.2. The quantitative estimate of drug-likeness (QED) is 0.458. The Morgan fingerprint density at radius 1 is 1.32 bits per heavy atom. The molecule has 0 atom stereocenters. The molecule has 0 amide bonds. The Kier molecular flexibility index (Phi) is 6.33. The number of nitrogens with zero attached hydrogens (tertiary/aromatic N) is 1. The summed E-state index contributed by atoms with van der Waals surface area (Å²) < 4.78 is 10.6. The van der Waals surface area contributed by atoms with Crippen LogP contribution in [-0.4, -0.2) is 34.9 Å². The lowest BCUT2D eigenvalue weighted by Gasteiger charge is -2.05. The maximum Gasteiger partial charge on any atom is 0.356 e. The fourth-order valence-electron chi connectivity index (χ4n) is 1.74. The van der Waals surface area contributed by atoms with Gasteiger partial charge in [0.15, 0.2) is 5.16 Å². The molecule has 1 N–H and O–H groups in total. The van der Waals surface area contributed by atoms with Crippen molar-refractivity contribution in [1.82, 2.24) is 9.97 Å². The number of esters is 1. The van der Waals surface area contributed by atoms with Gasteiger partial charge in [-0.25, -0.2) is 9.78 Å². The maximum atomic E-state index is 11.5. The molecule has 0 spiro atoms. The molecule has 0 unspecified atom stereocenters. The first-order valence-corrected chi connectivity index (χ1v) is 8.22. The topological polar surface area (TPSA) is 64.2 Å². The summed E-state index contributed by atoms with van der Waals surface area (Å²) >= 11 is 1.56. The Morgan fingerprint density at radius 2 is 2.09 bits per heavy atom. The van der Waals surface area contributed by atoms with Crippen LogP contribution >= 0.6 is 11.8 Å². The molecular formula is C16H20N2O3S. The Labute approximate surface area is 134 Å². The Balaban J connectivity index is 1.66. The van der Waals surface area contributed by atoms with E-state index in [1.54, 1.807) is 18.7 Å². The lowest BCUT2D eigenvalue weighted by atomic mass is 10.2. The van der Waals surface area contributed by atoms with Crippen LogP contribution < -0.4 is 4.74 Å². The van der Waals surface area contributed by atoms with Crippen LogP contribution in [0.3, 0.4) is 0 Å². The molecule has 0 aliphatic carbocycles. The van der Waals surface area contributed by atoms with Crippen LogP contribution in [0.5, 0.6) is 5.75 Å². The zero-order valence-electron chi connectivity index (χ0n) is 12.8. The number of ether oxygens (including phenoxy) is 2. The minimum atomic E-state index is -0.371. The van der Waals surface area contributed by atoms with Gasteiger partial charge in [0, 0.05) is 5.75 Å². The summed E-state index contributed by atoms with van der Waals surface area (Å²) in [6.45, 7) is 4.84. The van der Waals surface area contributed by atoms with Crippen molar-refractivity contribution in [3.63, 3.8) is 0 Å². The molecule has 1 aromatic heterocycles. The van der Waals surface area contributed by atoms with Crippen molar-refractivity contribution in [2.24, 2.45) is 0 Å². The number of hydrogen-bond acceptors (Lipinski definition) is 5. The van der Waals surface area contributed by atoms with E-state index in [9.17, 15) is 4.79 Å². The van der Waals surface area contributed by atoms with Crippen LogP contribution in [0.15, 0.2) is 35.6 Å². The predicted molar refractivity (Wildman–Crippen MR) is 86.6 cm³/mol. The van der Waals surface area contributed by atoms with E-state index < -0.39 is 0 Å². The van der Waals surface area contributed by atoms with Gasteiger partial charge >= 0.3 is 5.97 Å².